The van der Waals surface area contributed by atoms with E-state index in [9.17, 15) is 0 Å². The zero-order valence-electron chi connectivity index (χ0n) is 10.7. The molecule has 2 aromatic carbocycles. The Balaban J connectivity index is 2.49. The van der Waals surface area contributed by atoms with Gasteiger partial charge in [-0.15, -0.1) is 0 Å². The van der Waals surface area contributed by atoms with Gasteiger partial charge >= 0.3 is 0 Å². The lowest BCUT2D eigenvalue weighted by Crippen LogP contribution is -1.99. The van der Waals surface area contributed by atoms with Crippen LogP contribution in [0.4, 0.5) is 0 Å². The zero-order valence-corrected chi connectivity index (χ0v) is 13.0. The molecule has 2 rings (SSSR count). The molecule has 2 aromatic rings. The lowest BCUT2D eigenvalue weighted by atomic mass is 10.0. The number of para-hydroxylation sites is 1. The van der Waals surface area contributed by atoms with Crippen molar-refractivity contribution in [2.75, 3.05) is 14.2 Å². The van der Waals surface area contributed by atoms with Crippen LogP contribution in [0.15, 0.2) is 42.5 Å². The predicted molar refractivity (Wildman–Crippen MR) is 81.8 cm³/mol. The highest BCUT2D eigenvalue weighted by Crippen LogP contribution is 2.41. The molecule has 0 aromatic heterocycles. The number of halogens is 2. The van der Waals surface area contributed by atoms with E-state index in [4.69, 9.17) is 21.1 Å². The summed E-state index contributed by atoms with van der Waals surface area (Å²) >= 11 is 9.76. The van der Waals surface area contributed by atoms with Gasteiger partial charge < -0.3 is 9.47 Å². The van der Waals surface area contributed by atoms with E-state index in [0.29, 0.717) is 5.02 Å². The molecule has 1 atom stereocenters. The SMILES string of the molecule is COc1ccccc1C(Br)c1cc(Cl)ccc1OC. The van der Waals surface area contributed by atoms with E-state index < -0.39 is 0 Å². The van der Waals surface area contributed by atoms with Crippen LogP contribution in [0.2, 0.25) is 5.02 Å². The first kappa shape index (κ1) is 14.2. The normalized spacial score (nSPS) is 12.0. The minimum Gasteiger partial charge on any atom is -0.496 e. The van der Waals surface area contributed by atoms with Gasteiger partial charge in [0, 0.05) is 16.1 Å². The molecule has 100 valence electrons. The van der Waals surface area contributed by atoms with Gasteiger partial charge in [-0.05, 0) is 24.3 Å². The summed E-state index contributed by atoms with van der Waals surface area (Å²) in [5.74, 6) is 1.61. The molecule has 0 N–H and O–H groups in total. The second kappa shape index (κ2) is 6.31. The summed E-state index contributed by atoms with van der Waals surface area (Å²) in [5, 5.41) is 0.676. The Morgan fingerprint density at radius 3 is 2.26 bits per heavy atom. The monoisotopic (exact) mass is 340 g/mol. The summed E-state index contributed by atoms with van der Waals surface area (Å²) in [6, 6.07) is 13.4. The molecule has 19 heavy (non-hydrogen) atoms. The van der Waals surface area contributed by atoms with Crippen LogP contribution in [-0.2, 0) is 0 Å². The number of hydrogen-bond acceptors (Lipinski definition) is 2. The van der Waals surface area contributed by atoms with Crippen molar-refractivity contribution in [3.05, 3.63) is 58.6 Å². The Labute approximate surface area is 126 Å². The fraction of sp³-hybridized carbons (Fsp3) is 0.200. The average molecular weight is 342 g/mol. The van der Waals surface area contributed by atoms with E-state index in [1.807, 2.05) is 42.5 Å². The molecular weight excluding hydrogens is 328 g/mol. The number of rotatable bonds is 4. The first-order chi connectivity index (χ1) is 9.17. The van der Waals surface area contributed by atoms with Crippen molar-refractivity contribution in [2.24, 2.45) is 0 Å². The van der Waals surface area contributed by atoms with Gasteiger partial charge in [-0.25, -0.2) is 0 Å². The molecule has 4 heteroatoms. The highest BCUT2D eigenvalue weighted by molar-refractivity contribution is 9.09. The minimum atomic E-state index is -0.0442. The standard InChI is InChI=1S/C15H14BrClO2/c1-18-13-6-4-3-5-11(13)15(16)12-9-10(17)7-8-14(12)19-2/h3-9,15H,1-2H3. The molecule has 0 amide bonds. The summed E-state index contributed by atoms with van der Waals surface area (Å²) in [6.07, 6.45) is 0. The Hall–Kier alpha value is -1.19. The second-order valence-corrected chi connectivity index (χ2v) is 5.34. The fourth-order valence-corrected chi connectivity index (χ4v) is 2.86. The smallest absolute Gasteiger partial charge is 0.123 e. The molecule has 0 heterocycles. The van der Waals surface area contributed by atoms with E-state index in [0.717, 1.165) is 22.6 Å². The van der Waals surface area contributed by atoms with Crippen LogP contribution in [0.3, 0.4) is 0 Å². The molecule has 0 saturated carbocycles. The van der Waals surface area contributed by atoms with Gasteiger partial charge in [0.2, 0.25) is 0 Å². The predicted octanol–water partition coefficient (Wildman–Crippen LogP) is 4.84. The molecular formula is C15H14BrClO2. The van der Waals surface area contributed by atoms with Gasteiger partial charge in [0.1, 0.15) is 11.5 Å². The Kier molecular flexibility index (Phi) is 4.72. The first-order valence-corrected chi connectivity index (χ1v) is 7.07. The first-order valence-electron chi connectivity index (χ1n) is 5.77. The molecule has 0 aliphatic rings. The number of hydrogen-bond donors (Lipinski definition) is 0. The topological polar surface area (TPSA) is 18.5 Å². The Morgan fingerprint density at radius 1 is 0.947 bits per heavy atom. The van der Waals surface area contributed by atoms with E-state index in [1.165, 1.54) is 0 Å². The van der Waals surface area contributed by atoms with Crippen LogP contribution in [0, 0.1) is 0 Å². The molecule has 0 bridgehead atoms. The van der Waals surface area contributed by atoms with E-state index >= 15 is 0 Å². The lowest BCUT2D eigenvalue weighted by molar-refractivity contribution is 0.405. The fourth-order valence-electron chi connectivity index (χ4n) is 1.95. The average Bonchev–Trinajstić information content (AvgIpc) is 2.46. The molecule has 0 fully saturated rings. The minimum absolute atomic E-state index is 0.0442. The lowest BCUT2D eigenvalue weighted by Gasteiger charge is -2.17. The molecule has 0 spiro atoms. The van der Waals surface area contributed by atoms with Crippen molar-refractivity contribution in [3.8, 4) is 11.5 Å². The molecule has 1 unspecified atom stereocenters. The summed E-state index contributed by atoms with van der Waals surface area (Å²) < 4.78 is 10.8. The van der Waals surface area contributed by atoms with Gasteiger partial charge in [-0.2, -0.15) is 0 Å². The van der Waals surface area contributed by atoms with Crippen molar-refractivity contribution in [1.82, 2.24) is 0 Å². The van der Waals surface area contributed by atoms with E-state index in [1.54, 1.807) is 14.2 Å². The molecule has 2 nitrogen and oxygen atoms in total. The number of methoxy groups -OCH3 is 2. The molecule has 0 radical (unpaired) electrons. The Bertz CT molecular complexity index is 572. The third kappa shape index (κ3) is 3.04. The third-order valence-corrected chi connectivity index (χ3v) is 4.10. The summed E-state index contributed by atoms with van der Waals surface area (Å²) in [6.45, 7) is 0. The van der Waals surface area contributed by atoms with Crippen LogP contribution in [-0.4, -0.2) is 14.2 Å². The van der Waals surface area contributed by atoms with Crippen molar-refractivity contribution in [3.63, 3.8) is 0 Å². The largest absolute Gasteiger partial charge is 0.496 e. The van der Waals surface area contributed by atoms with Gasteiger partial charge in [0.05, 0.1) is 19.0 Å². The van der Waals surface area contributed by atoms with E-state index in [-0.39, 0.29) is 4.83 Å². The van der Waals surface area contributed by atoms with Crippen molar-refractivity contribution >= 4 is 27.5 Å². The zero-order chi connectivity index (χ0) is 13.8. The molecule has 0 aliphatic heterocycles. The van der Waals surface area contributed by atoms with Crippen LogP contribution < -0.4 is 9.47 Å². The summed E-state index contributed by atoms with van der Waals surface area (Å²) in [7, 11) is 3.31. The molecule has 0 aliphatic carbocycles. The van der Waals surface area contributed by atoms with Gasteiger partial charge in [0.15, 0.2) is 0 Å². The maximum atomic E-state index is 6.07. The van der Waals surface area contributed by atoms with Crippen LogP contribution in [0.1, 0.15) is 16.0 Å². The van der Waals surface area contributed by atoms with Gasteiger partial charge in [-0.1, -0.05) is 45.7 Å². The quantitative estimate of drug-likeness (QED) is 0.741. The van der Waals surface area contributed by atoms with Crippen molar-refractivity contribution in [2.45, 2.75) is 4.83 Å². The second-order valence-electron chi connectivity index (χ2n) is 3.99. The van der Waals surface area contributed by atoms with Crippen LogP contribution in [0.5, 0.6) is 11.5 Å². The number of ether oxygens (including phenoxy) is 2. The van der Waals surface area contributed by atoms with Crippen molar-refractivity contribution in [1.29, 1.82) is 0 Å². The van der Waals surface area contributed by atoms with Gasteiger partial charge in [0.25, 0.3) is 0 Å². The highest BCUT2D eigenvalue weighted by atomic mass is 79.9. The number of alkyl halides is 1. The highest BCUT2D eigenvalue weighted by Gasteiger charge is 2.19. The van der Waals surface area contributed by atoms with Crippen molar-refractivity contribution < 1.29 is 9.47 Å². The van der Waals surface area contributed by atoms with Crippen LogP contribution >= 0.6 is 27.5 Å². The maximum absolute atomic E-state index is 6.07. The third-order valence-electron chi connectivity index (χ3n) is 2.88. The molecule has 0 saturated heterocycles. The summed E-state index contributed by atoms with van der Waals surface area (Å²) in [5.41, 5.74) is 2.00. The Morgan fingerprint density at radius 2 is 1.58 bits per heavy atom. The number of benzene rings is 2. The van der Waals surface area contributed by atoms with E-state index in [2.05, 4.69) is 15.9 Å². The maximum Gasteiger partial charge on any atom is 0.123 e. The summed E-state index contributed by atoms with van der Waals surface area (Å²) in [4.78, 5) is -0.0442. The van der Waals surface area contributed by atoms with Crippen LogP contribution in [0.25, 0.3) is 0 Å². The van der Waals surface area contributed by atoms with Gasteiger partial charge in [-0.3, -0.25) is 0 Å².